The number of nitrogens with zero attached hydrogens (tertiary/aromatic N) is 2. The monoisotopic (exact) mass is 455 g/mol. The number of aryl methyl sites for hydroxylation is 1. The molecule has 2 amide bonds. The molecule has 0 radical (unpaired) electrons. The third kappa shape index (κ3) is 6.69. The molecular weight excluding hydrogens is 422 g/mol. The van der Waals surface area contributed by atoms with E-state index in [0.717, 1.165) is 17.0 Å². The van der Waals surface area contributed by atoms with Crippen molar-refractivity contribution in [1.82, 2.24) is 10.4 Å². The van der Waals surface area contributed by atoms with Crippen LogP contribution < -0.4 is 15.1 Å². The van der Waals surface area contributed by atoms with Gasteiger partial charge in [0.05, 0.1) is 12.5 Å². The summed E-state index contributed by atoms with van der Waals surface area (Å²) < 4.78 is 5.45. The molecule has 0 saturated carbocycles. The van der Waals surface area contributed by atoms with Crippen molar-refractivity contribution in [3.63, 3.8) is 0 Å². The zero-order valence-electron chi connectivity index (χ0n) is 19.0. The summed E-state index contributed by atoms with van der Waals surface area (Å²) in [5, 5.41) is 19.4. The Morgan fingerprint density at radius 1 is 1.03 bits per heavy atom. The number of aliphatic hydroxyl groups excluding tert-OH is 1. The van der Waals surface area contributed by atoms with Gasteiger partial charge in [-0.05, 0) is 56.0 Å². The molecule has 33 heavy (non-hydrogen) atoms. The number of hydroxylamine groups is 1. The SMILES string of the molecule is CCOc1ccc(CCCC(C(=O)N2CCN(c3ccccc3)CC2)[C@H](O)C(=O)NO)cc1. The van der Waals surface area contributed by atoms with Gasteiger partial charge >= 0.3 is 0 Å². The number of aliphatic hydroxyl groups is 1. The summed E-state index contributed by atoms with van der Waals surface area (Å²) in [6.07, 6.45) is 0.0461. The number of benzene rings is 2. The minimum atomic E-state index is -1.60. The quantitative estimate of drug-likeness (QED) is 0.375. The van der Waals surface area contributed by atoms with Crippen LogP contribution >= 0.6 is 0 Å². The van der Waals surface area contributed by atoms with E-state index in [1.807, 2.05) is 61.5 Å². The lowest BCUT2D eigenvalue weighted by Gasteiger charge is -2.38. The van der Waals surface area contributed by atoms with Crippen molar-refractivity contribution in [2.45, 2.75) is 32.3 Å². The van der Waals surface area contributed by atoms with Crippen LogP contribution in [0.3, 0.4) is 0 Å². The van der Waals surface area contributed by atoms with Crippen LogP contribution in [0.5, 0.6) is 5.75 Å². The molecule has 178 valence electrons. The van der Waals surface area contributed by atoms with Gasteiger partial charge in [0.15, 0.2) is 0 Å². The highest BCUT2D eigenvalue weighted by atomic mass is 16.5. The fraction of sp³-hybridized carbons (Fsp3) is 0.440. The first-order valence-corrected chi connectivity index (χ1v) is 11.5. The summed E-state index contributed by atoms with van der Waals surface area (Å²) in [6, 6.07) is 17.8. The summed E-state index contributed by atoms with van der Waals surface area (Å²) >= 11 is 0. The van der Waals surface area contributed by atoms with Gasteiger partial charge < -0.3 is 19.6 Å². The van der Waals surface area contributed by atoms with Gasteiger partial charge in [0.1, 0.15) is 11.9 Å². The molecule has 8 heteroatoms. The second-order valence-corrected chi connectivity index (χ2v) is 8.14. The predicted octanol–water partition coefficient (Wildman–Crippen LogP) is 2.24. The lowest BCUT2D eigenvalue weighted by atomic mass is 9.92. The minimum Gasteiger partial charge on any atom is -0.494 e. The second kappa shape index (κ2) is 12.2. The van der Waals surface area contributed by atoms with Crippen molar-refractivity contribution < 1.29 is 24.6 Å². The van der Waals surface area contributed by atoms with E-state index in [2.05, 4.69) is 4.90 Å². The van der Waals surface area contributed by atoms with E-state index in [4.69, 9.17) is 9.94 Å². The Balaban J connectivity index is 1.59. The Morgan fingerprint density at radius 3 is 2.30 bits per heavy atom. The highest BCUT2D eigenvalue weighted by molar-refractivity contribution is 5.88. The number of ether oxygens (including phenoxy) is 1. The summed E-state index contributed by atoms with van der Waals surface area (Å²) in [4.78, 5) is 29.1. The van der Waals surface area contributed by atoms with Crippen LogP contribution in [0.4, 0.5) is 5.69 Å². The number of carbonyl (C=O) groups excluding carboxylic acids is 2. The van der Waals surface area contributed by atoms with E-state index < -0.39 is 17.9 Å². The van der Waals surface area contributed by atoms with Gasteiger partial charge in [-0.25, -0.2) is 5.48 Å². The summed E-state index contributed by atoms with van der Waals surface area (Å²) in [7, 11) is 0. The molecule has 2 aromatic carbocycles. The van der Waals surface area contributed by atoms with Crippen LogP contribution in [0.2, 0.25) is 0 Å². The first kappa shape index (κ1) is 24.5. The molecule has 1 fully saturated rings. The van der Waals surface area contributed by atoms with E-state index in [9.17, 15) is 14.7 Å². The van der Waals surface area contributed by atoms with E-state index in [0.29, 0.717) is 52.0 Å². The fourth-order valence-corrected chi connectivity index (χ4v) is 4.17. The number of carbonyl (C=O) groups is 2. The van der Waals surface area contributed by atoms with Gasteiger partial charge in [-0.1, -0.05) is 30.3 Å². The van der Waals surface area contributed by atoms with Gasteiger partial charge in [-0.2, -0.15) is 0 Å². The number of nitrogens with one attached hydrogen (secondary N) is 1. The Bertz CT molecular complexity index is 883. The number of rotatable bonds is 10. The largest absolute Gasteiger partial charge is 0.494 e. The van der Waals surface area contributed by atoms with Crippen molar-refractivity contribution in [1.29, 1.82) is 0 Å². The molecule has 2 atom stereocenters. The smallest absolute Gasteiger partial charge is 0.272 e. The van der Waals surface area contributed by atoms with E-state index in [1.54, 1.807) is 4.90 Å². The van der Waals surface area contributed by atoms with Gasteiger partial charge in [0.2, 0.25) is 5.91 Å². The summed E-state index contributed by atoms with van der Waals surface area (Å²) in [5.41, 5.74) is 3.67. The van der Waals surface area contributed by atoms with Gasteiger partial charge in [0, 0.05) is 31.9 Å². The molecule has 1 aliphatic rings. The lowest BCUT2D eigenvalue weighted by molar-refractivity contribution is -0.150. The lowest BCUT2D eigenvalue weighted by Crippen LogP contribution is -2.53. The molecule has 1 saturated heterocycles. The van der Waals surface area contributed by atoms with Crippen molar-refractivity contribution in [2.24, 2.45) is 5.92 Å². The molecular formula is C25H33N3O5. The maximum Gasteiger partial charge on any atom is 0.272 e. The third-order valence-corrected chi connectivity index (χ3v) is 6.00. The van der Waals surface area contributed by atoms with Gasteiger partial charge in [0.25, 0.3) is 5.91 Å². The molecule has 1 heterocycles. The standard InChI is InChI=1S/C25H33N3O5/c1-2-33-21-13-11-19(12-14-21)7-6-10-22(23(29)24(30)26-32)25(31)28-17-15-27(16-18-28)20-8-4-3-5-9-20/h3-5,8-9,11-14,22-23,29,32H,2,6-7,10,15-18H2,1H3,(H,26,30)/t22?,23-/m0/s1. The van der Waals surface area contributed by atoms with Crippen LogP contribution in [0.15, 0.2) is 54.6 Å². The second-order valence-electron chi connectivity index (χ2n) is 8.14. The summed E-state index contributed by atoms with van der Waals surface area (Å²) in [6.45, 7) is 4.91. The molecule has 0 aliphatic carbocycles. The van der Waals surface area contributed by atoms with Crippen LogP contribution in [0, 0.1) is 5.92 Å². The van der Waals surface area contributed by atoms with Crippen LogP contribution in [-0.2, 0) is 16.0 Å². The molecule has 0 bridgehead atoms. The molecule has 3 N–H and O–H groups in total. The molecule has 1 aliphatic heterocycles. The normalized spacial score (nSPS) is 15.6. The molecule has 0 spiro atoms. The number of piperazine rings is 1. The van der Waals surface area contributed by atoms with E-state index >= 15 is 0 Å². The first-order chi connectivity index (χ1) is 16.0. The maximum absolute atomic E-state index is 13.2. The fourth-order valence-electron chi connectivity index (χ4n) is 4.17. The van der Waals surface area contributed by atoms with Crippen LogP contribution in [0.25, 0.3) is 0 Å². The molecule has 3 rings (SSSR count). The molecule has 8 nitrogen and oxygen atoms in total. The van der Waals surface area contributed by atoms with Crippen LogP contribution in [-0.4, -0.2) is 65.9 Å². The Morgan fingerprint density at radius 2 is 1.70 bits per heavy atom. The Kier molecular flexibility index (Phi) is 9.09. The highest BCUT2D eigenvalue weighted by Crippen LogP contribution is 2.22. The van der Waals surface area contributed by atoms with Crippen molar-refractivity contribution in [2.75, 3.05) is 37.7 Å². The predicted molar refractivity (Wildman–Crippen MR) is 125 cm³/mol. The van der Waals surface area contributed by atoms with Crippen molar-refractivity contribution in [3.05, 3.63) is 60.2 Å². The molecule has 2 aromatic rings. The maximum atomic E-state index is 13.2. The zero-order chi connectivity index (χ0) is 23.6. The number of hydrogen-bond acceptors (Lipinski definition) is 6. The summed E-state index contributed by atoms with van der Waals surface area (Å²) in [5.74, 6) is -1.33. The van der Waals surface area contributed by atoms with Gasteiger partial charge in [-0.3, -0.25) is 14.8 Å². The van der Waals surface area contributed by atoms with Crippen LogP contribution in [0.1, 0.15) is 25.3 Å². The first-order valence-electron chi connectivity index (χ1n) is 11.5. The average Bonchev–Trinajstić information content (AvgIpc) is 2.87. The Hall–Kier alpha value is -3.10. The Labute approximate surface area is 194 Å². The van der Waals surface area contributed by atoms with E-state index in [-0.39, 0.29) is 5.91 Å². The van der Waals surface area contributed by atoms with Crippen molar-refractivity contribution in [3.8, 4) is 5.75 Å². The number of hydrogen-bond donors (Lipinski definition) is 3. The number of anilines is 1. The average molecular weight is 456 g/mol. The molecule has 0 aromatic heterocycles. The van der Waals surface area contributed by atoms with Gasteiger partial charge in [-0.15, -0.1) is 0 Å². The van der Waals surface area contributed by atoms with E-state index in [1.165, 1.54) is 5.48 Å². The highest BCUT2D eigenvalue weighted by Gasteiger charge is 2.35. The number of para-hydroxylation sites is 1. The van der Waals surface area contributed by atoms with Crippen molar-refractivity contribution >= 4 is 17.5 Å². The number of amides is 2. The minimum absolute atomic E-state index is 0.259. The molecule has 1 unspecified atom stereocenters. The third-order valence-electron chi connectivity index (χ3n) is 6.00. The zero-order valence-corrected chi connectivity index (χ0v) is 19.0. The topological polar surface area (TPSA) is 102 Å².